The van der Waals surface area contributed by atoms with E-state index in [0.29, 0.717) is 17.8 Å². The van der Waals surface area contributed by atoms with E-state index < -0.39 is 8.07 Å². The summed E-state index contributed by atoms with van der Waals surface area (Å²) in [4.78, 5) is 0. The normalized spacial score (nSPS) is 13.6. The summed E-state index contributed by atoms with van der Waals surface area (Å²) in [6, 6.07) is 28.8. The van der Waals surface area contributed by atoms with E-state index in [2.05, 4.69) is 149 Å². The Labute approximate surface area is 268 Å². The molecule has 0 atom stereocenters. The number of hydrogen-bond donors (Lipinski definition) is 0. The zero-order chi connectivity index (χ0) is 26.2. The summed E-state index contributed by atoms with van der Waals surface area (Å²) in [7, 11) is -2.53. The van der Waals surface area contributed by atoms with Crippen LogP contribution < -0.4 is 52.8 Å². The van der Waals surface area contributed by atoms with Crippen molar-refractivity contribution in [2.24, 2.45) is 0 Å². The van der Waals surface area contributed by atoms with E-state index in [1.807, 2.05) is 0 Å². The Kier molecular flexibility index (Phi) is 13.6. The van der Waals surface area contributed by atoms with Crippen molar-refractivity contribution in [2.75, 3.05) is 0 Å². The molecule has 1 aliphatic carbocycles. The van der Waals surface area contributed by atoms with Gasteiger partial charge in [0.05, 0.1) is 0 Å². The maximum Gasteiger partial charge on any atom is -1.00 e. The van der Waals surface area contributed by atoms with Crippen molar-refractivity contribution in [3.05, 3.63) is 110 Å². The molecule has 0 nitrogen and oxygen atoms in total. The van der Waals surface area contributed by atoms with Crippen LogP contribution in [0.4, 0.5) is 0 Å². The third-order valence-electron chi connectivity index (χ3n) is 8.23. The Morgan fingerprint density at radius 1 is 0.564 bits per heavy atom. The molecule has 0 saturated carbocycles. The molecule has 0 amide bonds. The second-order valence-electron chi connectivity index (χ2n) is 11.5. The predicted molar refractivity (Wildman–Crippen MR) is 156 cm³/mol. The molecule has 0 aliphatic heterocycles. The SMILES string of the molecule is CC1=[C]([Ti+3])CC([Si](c2cccc(C(C)C)c2)(c2cccc(C(C)C)c2)c2cccc(C(C)C)c2)=C1C.[Cl-].[Cl-].[Cl-]. The molecule has 0 aromatic heterocycles. The van der Waals surface area contributed by atoms with E-state index in [-0.39, 0.29) is 37.2 Å². The van der Waals surface area contributed by atoms with Crippen LogP contribution in [0, 0.1) is 0 Å². The second kappa shape index (κ2) is 14.7. The van der Waals surface area contributed by atoms with Crippen molar-refractivity contribution in [2.45, 2.75) is 79.6 Å². The first-order valence-corrected chi connectivity index (χ1v) is 16.3. The van der Waals surface area contributed by atoms with Gasteiger partial charge in [-0.3, -0.25) is 0 Å². The Morgan fingerprint density at radius 3 is 1.15 bits per heavy atom. The molecule has 0 heterocycles. The molecule has 0 saturated heterocycles. The topological polar surface area (TPSA) is 0 Å². The van der Waals surface area contributed by atoms with Crippen LogP contribution in [0.1, 0.15) is 96.3 Å². The average molecular weight is 632 g/mol. The van der Waals surface area contributed by atoms with Crippen LogP contribution in [0.15, 0.2) is 93.0 Å². The Balaban J connectivity index is 0.00000253. The molecule has 0 radical (unpaired) electrons. The summed E-state index contributed by atoms with van der Waals surface area (Å²) < 4.78 is 1.53. The molecule has 1 aliphatic rings. The van der Waals surface area contributed by atoms with Gasteiger partial charge >= 0.3 is 233 Å². The summed E-state index contributed by atoms with van der Waals surface area (Å²) >= 11 is 2.34. The number of allylic oxidation sites excluding steroid dienone is 4. The fraction of sp³-hybridized carbons (Fsp3) is 0.353. The zero-order valence-corrected chi connectivity index (χ0v) is 29.3. The molecule has 4 rings (SSSR count). The molecule has 0 bridgehead atoms. The summed E-state index contributed by atoms with van der Waals surface area (Å²) in [6.07, 6.45) is 1.08. The quantitative estimate of drug-likeness (QED) is 0.223. The predicted octanol–water partition coefficient (Wildman–Crippen LogP) is -1.38. The van der Waals surface area contributed by atoms with Gasteiger partial charge in [0.15, 0.2) is 0 Å². The minimum absolute atomic E-state index is 0. The number of benzene rings is 3. The van der Waals surface area contributed by atoms with Gasteiger partial charge in [0.2, 0.25) is 0 Å². The molecule has 0 N–H and O–H groups in total. The zero-order valence-electron chi connectivity index (χ0n) is 24.5. The van der Waals surface area contributed by atoms with Gasteiger partial charge in [-0.15, -0.1) is 0 Å². The third-order valence-corrected chi connectivity index (χ3v) is 14.1. The van der Waals surface area contributed by atoms with Crippen LogP contribution in [0.2, 0.25) is 0 Å². The molecule has 0 unspecified atom stereocenters. The monoisotopic (exact) mass is 630 g/mol. The van der Waals surface area contributed by atoms with Crippen molar-refractivity contribution in [3.8, 4) is 0 Å². The van der Waals surface area contributed by atoms with Crippen LogP contribution >= 0.6 is 0 Å². The Hall–Kier alpha value is -1.06. The van der Waals surface area contributed by atoms with Crippen LogP contribution in [-0.2, 0) is 20.4 Å². The van der Waals surface area contributed by atoms with Crippen molar-refractivity contribution >= 4 is 23.6 Å². The van der Waals surface area contributed by atoms with Crippen molar-refractivity contribution in [1.82, 2.24) is 0 Å². The van der Waals surface area contributed by atoms with Crippen LogP contribution in [0.5, 0.6) is 0 Å². The fourth-order valence-corrected chi connectivity index (χ4v) is 12.0. The first-order chi connectivity index (χ1) is 17.1. The summed E-state index contributed by atoms with van der Waals surface area (Å²) in [6.45, 7) is 18.6. The Morgan fingerprint density at radius 2 is 0.897 bits per heavy atom. The van der Waals surface area contributed by atoms with Gasteiger partial charge in [-0.1, -0.05) is 0 Å². The molecular formula is C34H41Cl3SiTi. The molecule has 206 valence electrons. The number of rotatable bonds is 7. The summed E-state index contributed by atoms with van der Waals surface area (Å²) in [5, 5.41) is 6.23. The van der Waals surface area contributed by atoms with E-state index in [4.69, 9.17) is 0 Å². The Bertz CT molecular complexity index is 1210. The van der Waals surface area contributed by atoms with E-state index in [9.17, 15) is 0 Å². The minimum atomic E-state index is -2.53. The average Bonchev–Trinajstić information content (AvgIpc) is 3.12. The molecule has 3 aromatic carbocycles. The molecular weight excluding hydrogens is 591 g/mol. The standard InChI is InChI=1S/C34H41Si.3ClH.Ti/c1-23(2)28-12-9-15-31(20-28)35(34-19-18-26(7)27(34)8,32-16-10-13-29(21-32)24(3)4)33-17-11-14-30(22-33)25(5)6;;;;/h9-17,20-25H,19H2,1-8H3;3*1H;/q;;;;+3/p-3. The van der Waals surface area contributed by atoms with Crippen LogP contribution in [0.3, 0.4) is 0 Å². The van der Waals surface area contributed by atoms with Gasteiger partial charge in [-0.05, 0) is 0 Å². The van der Waals surface area contributed by atoms with Crippen molar-refractivity contribution < 1.29 is 57.7 Å². The first kappa shape index (κ1) is 36.0. The number of hydrogen-bond acceptors (Lipinski definition) is 0. The molecule has 3 aromatic rings. The first-order valence-electron chi connectivity index (χ1n) is 13.5. The van der Waals surface area contributed by atoms with Gasteiger partial charge in [-0.25, -0.2) is 0 Å². The van der Waals surface area contributed by atoms with E-state index >= 15 is 0 Å². The van der Waals surface area contributed by atoms with Gasteiger partial charge in [0.25, 0.3) is 0 Å². The minimum Gasteiger partial charge on any atom is -1.00 e. The van der Waals surface area contributed by atoms with Crippen LogP contribution in [0.25, 0.3) is 0 Å². The van der Waals surface area contributed by atoms with E-state index in [0.717, 1.165) is 6.42 Å². The largest absolute Gasteiger partial charge is 1.00 e. The molecule has 39 heavy (non-hydrogen) atoms. The van der Waals surface area contributed by atoms with Gasteiger partial charge in [-0.2, -0.15) is 0 Å². The molecule has 0 spiro atoms. The summed E-state index contributed by atoms with van der Waals surface area (Å²) in [5.41, 5.74) is 7.30. The molecule has 0 fully saturated rings. The number of halogens is 3. The van der Waals surface area contributed by atoms with Gasteiger partial charge < -0.3 is 37.2 Å². The van der Waals surface area contributed by atoms with Crippen molar-refractivity contribution in [1.29, 1.82) is 0 Å². The van der Waals surface area contributed by atoms with E-state index in [1.54, 1.807) is 5.20 Å². The van der Waals surface area contributed by atoms with E-state index in [1.165, 1.54) is 47.3 Å². The summed E-state index contributed by atoms with van der Waals surface area (Å²) in [5.74, 6) is 1.50. The third kappa shape index (κ3) is 6.88. The van der Waals surface area contributed by atoms with Gasteiger partial charge in [0, 0.05) is 0 Å². The molecule has 5 heteroatoms. The maximum atomic E-state index is 2.55. The van der Waals surface area contributed by atoms with Crippen molar-refractivity contribution in [3.63, 3.8) is 0 Å². The van der Waals surface area contributed by atoms with Gasteiger partial charge in [0.1, 0.15) is 0 Å². The van der Waals surface area contributed by atoms with Crippen LogP contribution in [-0.4, -0.2) is 8.07 Å². The maximum absolute atomic E-state index is 2.55. The fourth-order valence-electron chi connectivity index (χ4n) is 5.72. The second-order valence-corrected chi connectivity index (χ2v) is 16.3. The smallest absolute Gasteiger partial charge is 1.00 e.